The van der Waals surface area contributed by atoms with Gasteiger partial charge in [-0.15, -0.1) is 0 Å². The summed E-state index contributed by atoms with van der Waals surface area (Å²) in [5.41, 5.74) is 2.27. The molecule has 4 atom stereocenters. The molecule has 0 aromatic heterocycles. The molecule has 2 aliphatic rings. The number of rotatable bonds is 2. The highest BCUT2D eigenvalue weighted by Crippen LogP contribution is 2.49. The van der Waals surface area contributed by atoms with Gasteiger partial charge in [0.25, 0.3) is 0 Å². The fraction of sp³-hybridized carbons (Fsp3) is 0.333. The lowest BCUT2D eigenvalue weighted by Gasteiger charge is -2.42. The maximum Gasteiger partial charge on any atom is 0.137 e. The first kappa shape index (κ1) is 14.4. The van der Waals surface area contributed by atoms with Crippen LogP contribution in [0.3, 0.4) is 0 Å². The van der Waals surface area contributed by atoms with Crippen LogP contribution in [0.2, 0.25) is 0 Å². The molecule has 0 aliphatic heterocycles. The Labute approximate surface area is 136 Å². The van der Waals surface area contributed by atoms with Crippen LogP contribution in [-0.4, -0.2) is 11.6 Å². The standard InChI is InChI=1S/C21H20O2/c22-20-12-16(14-7-3-1-4-8-14)18-11-19(20)17(13-21(18)23)15-9-5-2-6-10-15/h1-10,16-19H,11-13H2/t16-,17-,18+,19+/m0/s1. The molecule has 23 heavy (non-hydrogen) atoms. The third-order valence-electron chi connectivity index (χ3n) is 5.60. The second kappa shape index (κ2) is 5.77. The first-order valence-electron chi connectivity index (χ1n) is 8.39. The second-order valence-electron chi connectivity index (χ2n) is 6.82. The quantitative estimate of drug-likeness (QED) is 0.836. The van der Waals surface area contributed by atoms with Crippen molar-refractivity contribution in [1.82, 2.24) is 0 Å². The monoisotopic (exact) mass is 304 g/mol. The van der Waals surface area contributed by atoms with Crippen LogP contribution in [0.4, 0.5) is 0 Å². The summed E-state index contributed by atoms with van der Waals surface area (Å²) in [6.07, 6.45) is 1.74. The van der Waals surface area contributed by atoms with E-state index < -0.39 is 0 Å². The fourth-order valence-electron chi connectivity index (χ4n) is 4.44. The highest BCUT2D eigenvalue weighted by molar-refractivity contribution is 5.93. The summed E-state index contributed by atoms with van der Waals surface area (Å²) in [6, 6.07) is 20.1. The van der Waals surface area contributed by atoms with Crippen molar-refractivity contribution < 1.29 is 9.59 Å². The van der Waals surface area contributed by atoms with Crippen molar-refractivity contribution in [3.05, 3.63) is 71.8 Å². The summed E-state index contributed by atoms with van der Waals surface area (Å²) in [5.74, 6) is 0.835. The molecule has 2 aromatic carbocycles. The van der Waals surface area contributed by atoms with E-state index in [1.165, 1.54) is 0 Å². The zero-order valence-corrected chi connectivity index (χ0v) is 13.0. The molecule has 116 valence electrons. The van der Waals surface area contributed by atoms with Crippen LogP contribution in [0.25, 0.3) is 0 Å². The van der Waals surface area contributed by atoms with Crippen LogP contribution < -0.4 is 0 Å². The van der Waals surface area contributed by atoms with Gasteiger partial charge in [-0.1, -0.05) is 60.7 Å². The largest absolute Gasteiger partial charge is 0.299 e. The van der Waals surface area contributed by atoms with Gasteiger partial charge in [0.15, 0.2) is 0 Å². The van der Waals surface area contributed by atoms with Gasteiger partial charge in [-0.05, 0) is 17.5 Å². The zero-order valence-electron chi connectivity index (χ0n) is 13.0. The Balaban J connectivity index is 1.65. The number of ketones is 2. The van der Waals surface area contributed by atoms with Crippen LogP contribution in [0.1, 0.15) is 42.2 Å². The van der Waals surface area contributed by atoms with Crippen LogP contribution in [-0.2, 0) is 9.59 Å². The first-order chi connectivity index (χ1) is 11.2. The number of carbonyl (C=O) groups excluding carboxylic acids is 2. The van der Waals surface area contributed by atoms with Gasteiger partial charge < -0.3 is 0 Å². The topological polar surface area (TPSA) is 34.1 Å². The summed E-state index contributed by atoms with van der Waals surface area (Å²) in [7, 11) is 0. The van der Waals surface area contributed by atoms with E-state index in [4.69, 9.17) is 0 Å². The van der Waals surface area contributed by atoms with Crippen molar-refractivity contribution in [3.8, 4) is 0 Å². The molecule has 2 heteroatoms. The van der Waals surface area contributed by atoms with Crippen LogP contribution >= 0.6 is 0 Å². The molecule has 0 amide bonds. The number of benzene rings is 2. The summed E-state index contributed by atoms with van der Waals surface area (Å²) in [4.78, 5) is 25.5. The minimum Gasteiger partial charge on any atom is -0.299 e. The van der Waals surface area contributed by atoms with Gasteiger partial charge in [-0.3, -0.25) is 9.59 Å². The van der Waals surface area contributed by atoms with E-state index in [1.807, 2.05) is 36.4 Å². The van der Waals surface area contributed by atoms with E-state index in [-0.39, 0.29) is 23.7 Å². The lowest BCUT2D eigenvalue weighted by molar-refractivity contribution is -0.137. The summed E-state index contributed by atoms with van der Waals surface area (Å²) in [5, 5.41) is 0. The van der Waals surface area contributed by atoms with E-state index in [9.17, 15) is 9.59 Å². The van der Waals surface area contributed by atoms with Gasteiger partial charge >= 0.3 is 0 Å². The average molecular weight is 304 g/mol. The molecule has 0 radical (unpaired) electrons. The van der Waals surface area contributed by atoms with Crippen molar-refractivity contribution >= 4 is 11.6 Å². The number of hydrogen-bond donors (Lipinski definition) is 0. The Kier molecular flexibility index (Phi) is 3.60. The number of carbonyl (C=O) groups is 2. The van der Waals surface area contributed by atoms with Gasteiger partial charge in [-0.2, -0.15) is 0 Å². The second-order valence-corrected chi connectivity index (χ2v) is 6.82. The molecule has 2 aromatic rings. The third-order valence-corrected chi connectivity index (χ3v) is 5.60. The van der Waals surface area contributed by atoms with Crippen molar-refractivity contribution in [2.24, 2.45) is 11.8 Å². The number of fused-ring (bicyclic) bond motifs is 2. The number of Topliss-reactive ketones (excluding diaryl/α,β-unsaturated/α-hetero) is 2. The smallest absolute Gasteiger partial charge is 0.137 e. The van der Waals surface area contributed by atoms with E-state index in [0.717, 1.165) is 17.5 Å². The van der Waals surface area contributed by atoms with Gasteiger partial charge in [-0.25, -0.2) is 0 Å². The molecule has 0 saturated heterocycles. The first-order valence-corrected chi connectivity index (χ1v) is 8.39. The van der Waals surface area contributed by atoms with Crippen LogP contribution in [0.15, 0.2) is 60.7 Å². The Bertz CT molecular complexity index is 657. The van der Waals surface area contributed by atoms with Gasteiger partial charge in [0.1, 0.15) is 11.6 Å². The molecule has 2 fully saturated rings. The molecule has 2 aliphatic carbocycles. The molecular weight excluding hydrogens is 284 g/mol. The highest BCUT2D eigenvalue weighted by Gasteiger charge is 2.48. The SMILES string of the molecule is O=C1C[C@@H](c2ccccc2)[C@H]2C[C@@H]1[C@H](c1ccccc1)CC2=O. The van der Waals surface area contributed by atoms with E-state index in [0.29, 0.717) is 24.4 Å². The molecule has 4 rings (SSSR count). The minimum atomic E-state index is 0.0139. The molecule has 2 bridgehead atoms. The maximum absolute atomic E-state index is 12.8. The third kappa shape index (κ3) is 2.52. The Morgan fingerprint density at radius 3 is 1.35 bits per heavy atom. The van der Waals surface area contributed by atoms with Gasteiger partial charge in [0.05, 0.1) is 0 Å². The molecule has 0 spiro atoms. The fourth-order valence-corrected chi connectivity index (χ4v) is 4.44. The molecule has 0 heterocycles. The normalized spacial score (nSPS) is 30.3. The van der Waals surface area contributed by atoms with Gasteiger partial charge in [0.2, 0.25) is 0 Å². The van der Waals surface area contributed by atoms with E-state index >= 15 is 0 Å². The predicted molar refractivity (Wildman–Crippen MR) is 89.2 cm³/mol. The predicted octanol–water partition coefficient (Wildman–Crippen LogP) is 4.12. The summed E-state index contributed by atoms with van der Waals surface area (Å²) >= 11 is 0. The van der Waals surface area contributed by atoms with Crippen molar-refractivity contribution in [2.75, 3.05) is 0 Å². The van der Waals surface area contributed by atoms with Crippen molar-refractivity contribution in [2.45, 2.75) is 31.1 Å². The summed E-state index contributed by atoms with van der Waals surface area (Å²) < 4.78 is 0. The Morgan fingerprint density at radius 2 is 0.957 bits per heavy atom. The Morgan fingerprint density at radius 1 is 0.565 bits per heavy atom. The molecule has 2 nitrogen and oxygen atoms in total. The Hall–Kier alpha value is -2.22. The van der Waals surface area contributed by atoms with Crippen molar-refractivity contribution in [3.63, 3.8) is 0 Å². The van der Waals surface area contributed by atoms with Crippen molar-refractivity contribution in [1.29, 1.82) is 0 Å². The minimum absolute atomic E-state index is 0.0139. The lowest BCUT2D eigenvalue weighted by atomic mass is 9.59. The highest BCUT2D eigenvalue weighted by atomic mass is 16.1. The van der Waals surface area contributed by atoms with E-state index in [2.05, 4.69) is 24.3 Å². The lowest BCUT2D eigenvalue weighted by Crippen LogP contribution is -2.43. The zero-order chi connectivity index (χ0) is 15.8. The number of hydrogen-bond acceptors (Lipinski definition) is 2. The average Bonchev–Trinajstić information content (AvgIpc) is 2.61. The molecule has 2 saturated carbocycles. The maximum atomic E-state index is 12.8. The van der Waals surface area contributed by atoms with Gasteiger partial charge in [0, 0.05) is 36.5 Å². The molecule has 0 unspecified atom stereocenters. The molecular formula is C21H20O2. The van der Waals surface area contributed by atoms with E-state index in [1.54, 1.807) is 0 Å². The van der Waals surface area contributed by atoms with Crippen LogP contribution in [0, 0.1) is 11.8 Å². The summed E-state index contributed by atoms with van der Waals surface area (Å²) in [6.45, 7) is 0. The van der Waals surface area contributed by atoms with Crippen LogP contribution in [0.5, 0.6) is 0 Å². The molecule has 0 N–H and O–H groups in total.